The van der Waals surface area contributed by atoms with E-state index >= 15 is 0 Å². The monoisotopic (exact) mass is 244 g/mol. The zero-order chi connectivity index (χ0) is 12.6. The van der Waals surface area contributed by atoms with Crippen molar-refractivity contribution in [2.24, 2.45) is 5.73 Å². The summed E-state index contributed by atoms with van der Waals surface area (Å²) in [4.78, 5) is 10.8. The lowest BCUT2D eigenvalue weighted by Gasteiger charge is -2.11. The van der Waals surface area contributed by atoms with Crippen LogP contribution in [0.4, 0.5) is 14.5 Å². The first-order valence-corrected chi connectivity index (χ1v) is 4.83. The van der Waals surface area contributed by atoms with Gasteiger partial charge in [0.25, 0.3) is 0 Å². The molecule has 0 fully saturated rings. The van der Waals surface area contributed by atoms with Gasteiger partial charge in [-0.1, -0.05) is 0 Å². The summed E-state index contributed by atoms with van der Waals surface area (Å²) in [5, 5.41) is 2.74. The minimum Gasteiger partial charge on any atom is -0.395 e. The molecule has 0 saturated carbocycles. The molecule has 1 amide bonds. The molecule has 5 nitrogen and oxygen atoms in total. The van der Waals surface area contributed by atoms with Crippen LogP contribution in [0, 0.1) is 0 Å². The summed E-state index contributed by atoms with van der Waals surface area (Å²) in [5.41, 5.74) is 5.50. The van der Waals surface area contributed by atoms with Gasteiger partial charge in [0, 0.05) is 11.8 Å². The Kier molecular flexibility index (Phi) is 2.53. The highest BCUT2D eigenvalue weighted by atomic mass is 19.3. The van der Waals surface area contributed by atoms with Crippen molar-refractivity contribution in [2.45, 2.75) is 19.3 Å². The van der Waals surface area contributed by atoms with Crippen LogP contribution in [0.15, 0.2) is 18.2 Å². The molecule has 1 heterocycles. The van der Waals surface area contributed by atoms with Crippen molar-refractivity contribution in [3.05, 3.63) is 18.2 Å². The molecule has 17 heavy (non-hydrogen) atoms. The zero-order valence-electron chi connectivity index (χ0n) is 8.87. The molecule has 1 aromatic carbocycles. The highest BCUT2D eigenvalue weighted by Crippen LogP contribution is 2.42. The topological polar surface area (TPSA) is 73.6 Å². The minimum absolute atomic E-state index is 0.0488. The number of amides is 1. The zero-order valence-corrected chi connectivity index (χ0v) is 8.87. The van der Waals surface area contributed by atoms with Crippen molar-refractivity contribution >= 4 is 11.6 Å². The number of hydrogen-bond donors (Lipinski definition) is 2. The second-order valence-electron chi connectivity index (χ2n) is 3.60. The van der Waals surface area contributed by atoms with E-state index in [2.05, 4.69) is 14.8 Å². The lowest BCUT2D eigenvalue weighted by Crippen LogP contribution is -2.32. The number of benzene rings is 1. The number of hydrogen-bond acceptors (Lipinski definition) is 4. The summed E-state index contributed by atoms with van der Waals surface area (Å²) in [7, 11) is 0. The molecule has 1 aromatic rings. The van der Waals surface area contributed by atoms with Crippen molar-refractivity contribution < 1.29 is 23.0 Å². The Balaban J connectivity index is 2.16. The maximum Gasteiger partial charge on any atom is 0.586 e. The minimum atomic E-state index is -3.64. The van der Waals surface area contributed by atoms with Gasteiger partial charge in [-0.05, 0) is 19.1 Å². The van der Waals surface area contributed by atoms with Crippen LogP contribution in [0.5, 0.6) is 11.5 Å². The summed E-state index contributed by atoms with van der Waals surface area (Å²) >= 11 is 0. The van der Waals surface area contributed by atoms with Gasteiger partial charge in [-0.2, -0.15) is 0 Å². The van der Waals surface area contributed by atoms with Gasteiger partial charge in [-0.25, -0.2) is 0 Å². The van der Waals surface area contributed by atoms with Gasteiger partial charge in [0.15, 0.2) is 11.5 Å². The predicted molar refractivity (Wildman–Crippen MR) is 54.9 cm³/mol. The molecule has 0 bridgehead atoms. The summed E-state index contributed by atoms with van der Waals surface area (Å²) in [6, 6.07) is 3.52. The van der Waals surface area contributed by atoms with E-state index in [1.54, 1.807) is 6.92 Å². The molecule has 0 spiro atoms. The molecule has 0 saturated heterocycles. The van der Waals surface area contributed by atoms with E-state index in [1.165, 1.54) is 18.2 Å². The van der Waals surface area contributed by atoms with Gasteiger partial charge in [0.2, 0.25) is 5.91 Å². The Bertz CT molecular complexity index is 465. The van der Waals surface area contributed by atoms with Crippen LogP contribution < -0.4 is 20.5 Å². The average Bonchev–Trinajstić information content (AvgIpc) is 2.50. The maximum atomic E-state index is 12.7. The standard InChI is InChI=1S/C10H10F2N2O3/c1-5(9(13)15)14-6-2-3-7-8(4-6)17-10(11,12)16-7/h2-5,14H,1H3,(H2,13,15). The number of primary amides is 1. The van der Waals surface area contributed by atoms with Crippen LogP contribution in [0.25, 0.3) is 0 Å². The number of halogens is 2. The van der Waals surface area contributed by atoms with Crippen LogP contribution in [0.3, 0.4) is 0 Å². The molecule has 7 heteroatoms. The molecule has 0 aliphatic carbocycles. The molecule has 1 unspecified atom stereocenters. The molecule has 2 rings (SSSR count). The largest absolute Gasteiger partial charge is 0.586 e. The van der Waals surface area contributed by atoms with Crippen LogP contribution >= 0.6 is 0 Å². The van der Waals surface area contributed by atoms with E-state index in [-0.39, 0.29) is 11.5 Å². The first-order valence-electron chi connectivity index (χ1n) is 4.83. The first kappa shape index (κ1) is 11.4. The van der Waals surface area contributed by atoms with Gasteiger partial charge in [-0.15, -0.1) is 8.78 Å². The van der Waals surface area contributed by atoms with Crippen LogP contribution in [0.2, 0.25) is 0 Å². The van der Waals surface area contributed by atoms with Gasteiger partial charge in [0.1, 0.15) is 6.04 Å². The third-order valence-electron chi connectivity index (χ3n) is 2.21. The molecule has 3 N–H and O–H groups in total. The van der Waals surface area contributed by atoms with Crippen molar-refractivity contribution in [1.82, 2.24) is 0 Å². The second-order valence-corrected chi connectivity index (χ2v) is 3.60. The van der Waals surface area contributed by atoms with E-state index in [0.29, 0.717) is 5.69 Å². The van der Waals surface area contributed by atoms with Crippen LogP contribution in [-0.2, 0) is 4.79 Å². The number of nitrogens with two attached hydrogens (primary N) is 1. The molecular formula is C10H10F2N2O3. The SMILES string of the molecule is CC(Nc1ccc2c(c1)OC(F)(F)O2)C(N)=O. The number of carbonyl (C=O) groups excluding carboxylic acids is 1. The van der Waals surface area contributed by atoms with Crippen LogP contribution in [0.1, 0.15) is 6.92 Å². The van der Waals surface area contributed by atoms with E-state index in [0.717, 1.165) is 0 Å². The fraction of sp³-hybridized carbons (Fsp3) is 0.300. The fourth-order valence-corrected chi connectivity index (χ4v) is 1.36. The number of rotatable bonds is 3. The lowest BCUT2D eigenvalue weighted by molar-refractivity contribution is -0.286. The molecule has 1 atom stereocenters. The normalized spacial score (nSPS) is 17.6. The van der Waals surface area contributed by atoms with Gasteiger partial charge in [-0.3, -0.25) is 4.79 Å². The Morgan fingerprint density at radius 1 is 1.41 bits per heavy atom. The number of carbonyl (C=O) groups is 1. The second kappa shape index (κ2) is 3.76. The first-order chi connectivity index (χ1) is 7.87. The smallest absolute Gasteiger partial charge is 0.395 e. The van der Waals surface area contributed by atoms with Gasteiger partial charge in [0.05, 0.1) is 0 Å². The molecule has 1 aliphatic rings. The third kappa shape index (κ3) is 2.38. The molecule has 92 valence electrons. The Hall–Kier alpha value is -2.05. The summed E-state index contributed by atoms with van der Waals surface area (Å²) in [6.07, 6.45) is -3.64. The van der Waals surface area contributed by atoms with E-state index in [1.807, 2.05) is 0 Å². The Morgan fingerprint density at radius 2 is 2.06 bits per heavy atom. The average molecular weight is 244 g/mol. The lowest BCUT2D eigenvalue weighted by atomic mass is 10.2. The summed E-state index contributed by atoms with van der Waals surface area (Å²) < 4.78 is 33.9. The van der Waals surface area contributed by atoms with Crippen molar-refractivity contribution in [1.29, 1.82) is 0 Å². The molecule has 1 aliphatic heterocycles. The fourth-order valence-electron chi connectivity index (χ4n) is 1.36. The third-order valence-corrected chi connectivity index (χ3v) is 2.21. The predicted octanol–water partition coefficient (Wildman–Crippen LogP) is 1.29. The van der Waals surface area contributed by atoms with Crippen molar-refractivity contribution in [3.63, 3.8) is 0 Å². The Labute approximate surface area is 95.5 Å². The molecule has 0 radical (unpaired) electrons. The molecule has 0 aromatic heterocycles. The number of nitrogens with one attached hydrogen (secondary N) is 1. The number of anilines is 1. The van der Waals surface area contributed by atoms with Crippen molar-refractivity contribution in [3.8, 4) is 11.5 Å². The maximum absolute atomic E-state index is 12.7. The summed E-state index contributed by atoms with van der Waals surface area (Å²) in [6.45, 7) is 1.56. The molecular weight excluding hydrogens is 234 g/mol. The van der Waals surface area contributed by atoms with Gasteiger partial charge >= 0.3 is 6.29 Å². The number of alkyl halides is 2. The highest BCUT2D eigenvalue weighted by Gasteiger charge is 2.43. The van der Waals surface area contributed by atoms with Crippen LogP contribution in [-0.4, -0.2) is 18.2 Å². The van der Waals surface area contributed by atoms with E-state index < -0.39 is 18.2 Å². The van der Waals surface area contributed by atoms with Gasteiger partial charge < -0.3 is 20.5 Å². The number of ether oxygens (including phenoxy) is 2. The number of fused-ring (bicyclic) bond motifs is 1. The van der Waals surface area contributed by atoms with Crippen molar-refractivity contribution in [2.75, 3.05) is 5.32 Å². The van der Waals surface area contributed by atoms with E-state index in [9.17, 15) is 13.6 Å². The Morgan fingerprint density at radius 3 is 2.71 bits per heavy atom. The highest BCUT2D eigenvalue weighted by molar-refractivity contribution is 5.82. The summed E-state index contributed by atoms with van der Waals surface area (Å²) in [5.74, 6) is -0.683. The quantitative estimate of drug-likeness (QED) is 0.840. The van der Waals surface area contributed by atoms with E-state index in [4.69, 9.17) is 5.73 Å².